The van der Waals surface area contributed by atoms with Crippen molar-refractivity contribution in [2.75, 3.05) is 39.4 Å². The van der Waals surface area contributed by atoms with Crippen LogP contribution < -0.4 is 5.32 Å². The van der Waals surface area contributed by atoms with Gasteiger partial charge in [-0.05, 0) is 33.1 Å². The second-order valence-electron chi connectivity index (χ2n) is 5.86. The predicted octanol–water partition coefficient (Wildman–Crippen LogP) is 1.11. The molecule has 0 aromatic heterocycles. The summed E-state index contributed by atoms with van der Waals surface area (Å²) in [5, 5.41) is 3.56. The lowest BCUT2D eigenvalue weighted by Crippen LogP contribution is -2.49. The fraction of sp³-hybridized carbons (Fsp3) is 1.00. The summed E-state index contributed by atoms with van der Waals surface area (Å²) in [6.45, 7) is 12.6. The highest BCUT2D eigenvalue weighted by Gasteiger charge is 2.25. The molecule has 0 bridgehead atoms. The smallest absolute Gasteiger partial charge is 0.0826 e. The third-order valence-corrected chi connectivity index (χ3v) is 4.21. The van der Waals surface area contributed by atoms with E-state index in [9.17, 15) is 0 Å². The molecule has 2 fully saturated rings. The summed E-state index contributed by atoms with van der Waals surface area (Å²) < 4.78 is 11.4. The highest BCUT2D eigenvalue weighted by Crippen LogP contribution is 2.19. The second-order valence-corrected chi connectivity index (χ2v) is 5.86. The van der Waals surface area contributed by atoms with E-state index in [1.54, 1.807) is 0 Å². The van der Waals surface area contributed by atoms with E-state index < -0.39 is 0 Å². The maximum Gasteiger partial charge on any atom is 0.0826 e. The summed E-state index contributed by atoms with van der Waals surface area (Å²) in [6, 6.07) is 0.625. The van der Waals surface area contributed by atoms with Crippen LogP contribution in [0.25, 0.3) is 0 Å². The Morgan fingerprint density at radius 3 is 2.72 bits per heavy atom. The van der Waals surface area contributed by atoms with Gasteiger partial charge in [-0.2, -0.15) is 0 Å². The Morgan fingerprint density at radius 2 is 2.06 bits per heavy atom. The van der Waals surface area contributed by atoms with Crippen LogP contribution in [0.15, 0.2) is 0 Å². The first-order valence-corrected chi connectivity index (χ1v) is 7.34. The minimum absolute atomic E-state index is 0.346. The molecular formula is C14H28N2O2. The third-order valence-electron chi connectivity index (χ3n) is 4.21. The minimum atomic E-state index is 0.346. The van der Waals surface area contributed by atoms with E-state index in [-0.39, 0.29) is 0 Å². The van der Waals surface area contributed by atoms with Gasteiger partial charge in [-0.25, -0.2) is 0 Å². The zero-order valence-electron chi connectivity index (χ0n) is 12.0. The fourth-order valence-corrected chi connectivity index (χ4v) is 2.81. The molecule has 0 saturated carbocycles. The zero-order chi connectivity index (χ0) is 13.0. The molecule has 2 heterocycles. The quantitative estimate of drug-likeness (QED) is 0.799. The normalized spacial score (nSPS) is 34.3. The Bertz CT molecular complexity index is 248. The highest BCUT2D eigenvalue weighted by atomic mass is 16.5. The van der Waals surface area contributed by atoms with Gasteiger partial charge in [0.2, 0.25) is 0 Å². The maximum atomic E-state index is 5.81. The van der Waals surface area contributed by atoms with Gasteiger partial charge in [0.15, 0.2) is 0 Å². The van der Waals surface area contributed by atoms with Crippen LogP contribution in [0, 0.1) is 5.92 Å². The topological polar surface area (TPSA) is 33.7 Å². The number of morpholine rings is 1. The molecule has 2 saturated heterocycles. The molecule has 2 aliphatic rings. The predicted molar refractivity (Wildman–Crippen MR) is 72.8 cm³/mol. The molecule has 2 rings (SSSR count). The van der Waals surface area contributed by atoms with Gasteiger partial charge in [0.1, 0.15) is 0 Å². The molecule has 3 unspecified atom stereocenters. The van der Waals surface area contributed by atoms with Crippen LogP contribution in [0.1, 0.15) is 27.2 Å². The van der Waals surface area contributed by atoms with Crippen molar-refractivity contribution < 1.29 is 9.47 Å². The molecule has 1 N–H and O–H groups in total. The van der Waals surface area contributed by atoms with Gasteiger partial charge in [0.25, 0.3) is 0 Å². The van der Waals surface area contributed by atoms with Crippen molar-refractivity contribution in [3.8, 4) is 0 Å². The van der Waals surface area contributed by atoms with Crippen molar-refractivity contribution in [1.29, 1.82) is 0 Å². The minimum Gasteiger partial charge on any atom is -0.378 e. The monoisotopic (exact) mass is 256 g/mol. The van der Waals surface area contributed by atoms with Crippen molar-refractivity contribution >= 4 is 0 Å². The van der Waals surface area contributed by atoms with Gasteiger partial charge in [0, 0.05) is 38.8 Å². The molecule has 4 nitrogen and oxygen atoms in total. The summed E-state index contributed by atoms with van der Waals surface area (Å²) >= 11 is 0. The number of nitrogens with zero attached hydrogens (tertiary/aromatic N) is 1. The molecule has 0 aromatic carbocycles. The van der Waals surface area contributed by atoms with Gasteiger partial charge in [-0.1, -0.05) is 0 Å². The summed E-state index contributed by atoms with van der Waals surface area (Å²) in [6.07, 6.45) is 1.95. The molecule has 0 spiro atoms. The molecule has 2 aliphatic heterocycles. The zero-order valence-corrected chi connectivity index (χ0v) is 12.0. The molecule has 0 amide bonds. The van der Waals surface area contributed by atoms with Crippen LogP contribution in [-0.4, -0.2) is 62.5 Å². The van der Waals surface area contributed by atoms with Crippen molar-refractivity contribution in [2.45, 2.75) is 45.4 Å². The molecule has 106 valence electrons. The van der Waals surface area contributed by atoms with E-state index >= 15 is 0 Å². The standard InChI is InChI=1S/C14H28N2O2/c1-11(2)16-5-7-18-14(10-16)9-15-8-13-4-6-17-12(13)3/h11-15H,4-10H2,1-3H3. The molecular weight excluding hydrogens is 228 g/mol. The first-order chi connectivity index (χ1) is 8.66. The molecule has 3 atom stereocenters. The lowest BCUT2D eigenvalue weighted by Gasteiger charge is -2.35. The molecule has 0 aromatic rings. The van der Waals surface area contributed by atoms with Crippen LogP contribution in [0.3, 0.4) is 0 Å². The second kappa shape index (κ2) is 6.85. The van der Waals surface area contributed by atoms with Gasteiger partial charge in [-0.15, -0.1) is 0 Å². The van der Waals surface area contributed by atoms with Crippen LogP contribution >= 0.6 is 0 Å². The van der Waals surface area contributed by atoms with Crippen LogP contribution in [0.4, 0.5) is 0 Å². The first-order valence-electron chi connectivity index (χ1n) is 7.34. The summed E-state index contributed by atoms with van der Waals surface area (Å²) in [7, 11) is 0. The Kier molecular flexibility index (Phi) is 5.42. The van der Waals surface area contributed by atoms with Crippen LogP contribution in [0.5, 0.6) is 0 Å². The van der Waals surface area contributed by atoms with Gasteiger partial charge in [-0.3, -0.25) is 4.90 Å². The van der Waals surface area contributed by atoms with Gasteiger partial charge < -0.3 is 14.8 Å². The van der Waals surface area contributed by atoms with Crippen molar-refractivity contribution in [3.63, 3.8) is 0 Å². The summed E-state index contributed by atoms with van der Waals surface area (Å²) in [5.74, 6) is 0.676. The van der Waals surface area contributed by atoms with Crippen molar-refractivity contribution in [1.82, 2.24) is 10.2 Å². The molecule has 0 aliphatic carbocycles. The van der Waals surface area contributed by atoms with E-state index in [1.165, 1.54) is 6.42 Å². The SMILES string of the molecule is CC1OCCC1CNCC1CN(C(C)C)CCO1. The third kappa shape index (κ3) is 3.92. The van der Waals surface area contributed by atoms with E-state index in [1.807, 2.05) is 0 Å². The Morgan fingerprint density at radius 1 is 1.22 bits per heavy atom. The van der Waals surface area contributed by atoms with Crippen LogP contribution in [0.2, 0.25) is 0 Å². The summed E-state index contributed by atoms with van der Waals surface area (Å²) in [4.78, 5) is 2.50. The van der Waals surface area contributed by atoms with E-state index in [0.717, 1.165) is 39.4 Å². The number of hydrogen-bond acceptors (Lipinski definition) is 4. The first kappa shape index (κ1) is 14.3. The average Bonchev–Trinajstić information content (AvgIpc) is 2.76. The van der Waals surface area contributed by atoms with E-state index in [4.69, 9.17) is 9.47 Å². The number of nitrogens with one attached hydrogen (secondary N) is 1. The fourth-order valence-electron chi connectivity index (χ4n) is 2.81. The van der Waals surface area contributed by atoms with E-state index in [2.05, 4.69) is 31.0 Å². The van der Waals surface area contributed by atoms with Gasteiger partial charge in [0.05, 0.1) is 18.8 Å². The van der Waals surface area contributed by atoms with Crippen molar-refractivity contribution in [3.05, 3.63) is 0 Å². The number of hydrogen-bond donors (Lipinski definition) is 1. The Hall–Kier alpha value is -0.160. The molecule has 0 radical (unpaired) electrons. The summed E-state index contributed by atoms with van der Waals surface area (Å²) in [5.41, 5.74) is 0. The Balaban J connectivity index is 1.64. The van der Waals surface area contributed by atoms with Gasteiger partial charge >= 0.3 is 0 Å². The lowest BCUT2D eigenvalue weighted by atomic mass is 10.0. The van der Waals surface area contributed by atoms with E-state index in [0.29, 0.717) is 24.2 Å². The van der Waals surface area contributed by atoms with Crippen LogP contribution in [-0.2, 0) is 9.47 Å². The molecule has 4 heteroatoms. The lowest BCUT2D eigenvalue weighted by molar-refractivity contribution is -0.0375. The Labute approximate surface area is 111 Å². The average molecular weight is 256 g/mol. The maximum absolute atomic E-state index is 5.81. The van der Waals surface area contributed by atoms with Crippen molar-refractivity contribution in [2.24, 2.45) is 5.92 Å². The highest BCUT2D eigenvalue weighted by molar-refractivity contribution is 4.78. The number of rotatable bonds is 5. The molecule has 18 heavy (non-hydrogen) atoms. The number of ether oxygens (including phenoxy) is 2. The largest absolute Gasteiger partial charge is 0.378 e.